The molecule has 2 saturated heterocycles. The molecule has 4 rings (SSSR count). The van der Waals surface area contributed by atoms with Gasteiger partial charge < -0.3 is 59.9 Å². The molecule has 2 amide bonds. The Balaban J connectivity index is 1.49. The van der Waals surface area contributed by atoms with Gasteiger partial charge in [-0.1, -0.05) is 69.9 Å². The van der Waals surface area contributed by atoms with Crippen LogP contribution >= 0.6 is 0 Å². The van der Waals surface area contributed by atoms with Crippen LogP contribution in [0.25, 0.3) is 6.08 Å². The highest BCUT2D eigenvalue weighted by atomic mass is 16.8. The Morgan fingerprint density at radius 3 is 2.33 bits per heavy atom. The molecular formula is C39H58N2O13. The molecule has 1 aromatic rings. The van der Waals surface area contributed by atoms with Crippen LogP contribution in [0.1, 0.15) is 94.0 Å². The number of benzene rings is 1. The number of aliphatic hydroxyl groups is 5. The minimum Gasteiger partial charge on any atom is -0.456 e. The number of unbranched alkanes of at least 4 members (excludes halogenated alkanes) is 4. The van der Waals surface area contributed by atoms with Gasteiger partial charge in [-0.15, -0.1) is 0 Å². The van der Waals surface area contributed by atoms with Gasteiger partial charge >= 0.3 is 5.97 Å². The van der Waals surface area contributed by atoms with Crippen LogP contribution in [0.3, 0.4) is 0 Å². The third-order valence-corrected chi connectivity index (χ3v) is 9.81. The number of hydrogen-bond donors (Lipinski definition) is 7. The highest BCUT2D eigenvalue weighted by Crippen LogP contribution is 2.43. The van der Waals surface area contributed by atoms with Crippen LogP contribution in [0.4, 0.5) is 0 Å². The summed E-state index contributed by atoms with van der Waals surface area (Å²) in [6, 6.07) is 6.76. The van der Waals surface area contributed by atoms with Crippen LogP contribution in [0.2, 0.25) is 0 Å². The molecule has 2 heterocycles. The molecule has 8 atom stereocenters. The van der Waals surface area contributed by atoms with Crippen LogP contribution in [0, 0.1) is 0 Å². The zero-order valence-electron chi connectivity index (χ0n) is 31.3. The summed E-state index contributed by atoms with van der Waals surface area (Å²) in [7, 11) is 0. The van der Waals surface area contributed by atoms with Gasteiger partial charge in [0.25, 0.3) is 0 Å². The summed E-state index contributed by atoms with van der Waals surface area (Å²) in [6.45, 7) is 3.57. The molecule has 7 N–H and O–H groups in total. The van der Waals surface area contributed by atoms with Gasteiger partial charge in [0, 0.05) is 44.3 Å². The Labute approximate surface area is 316 Å². The predicted molar refractivity (Wildman–Crippen MR) is 196 cm³/mol. The van der Waals surface area contributed by atoms with Gasteiger partial charge in [0.1, 0.15) is 42.7 Å². The number of rotatable bonds is 21. The second-order valence-corrected chi connectivity index (χ2v) is 13.9. The standard InChI is InChI=1S/C39H58N2O13/c1-3-5-9-16-39(17-10-6-4-2)53-29-23-26(36(48)41-18-15-31(44)40-19-20-42)22-28(35(29)54-39)51-37(49)27-14-8-7-12-25(27)13-11-21-50-38-34(47)33(46)32(45)30(24-43)52-38/h7-8,11-14,23,28-30,32-35,38,42-43,45-47H,3-6,9-10,15-22,24H2,1-2H3,(H,40,44)(H,41,48). The molecule has 54 heavy (non-hydrogen) atoms. The van der Waals surface area contributed by atoms with Crippen molar-refractivity contribution in [1.29, 1.82) is 0 Å². The Bertz CT molecular complexity index is 1410. The van der Waals surface area contributed by atoms with Crippen molar-refractivity contribution in [1.82, 2.24) is 10.6 Å². The minimum atomic E-state index is -1.57. The van der Waals surface area contributed by atoms with E-state index in [-0.39, 0.29) is 50.6 Å². The van der Waals surface area contributed by atoms with Crippen molar-refractivity contribution >= 4 is 23.9 Å². The first-order valence-electron chi connectivity index (χ1n) is 19.2. The second kappa shape index (κ2) is 21.7. The second-order valence-electron chi connectivity index (χ2n) is 13.9. The molecule has 0 saturated carbocycles. The van der Waals surface area contributed by atoms with Crippen molar-refractivity contribution in [2.75, 3.05) is 32.9 Å². The van der Waals surface area contributed by atoms with Crippen LogP contribution in [0.15, 0.2) is 42.0 Å². The third kappa shape index (κ3) is 11.9. The van der Waals surface area contributed by atoms with Crippen LogP contribution in [-0.4, -0.2) is 131 Å². The molecule has 8 unspecified atom stereocenters. The topological polar surface area (TPSA) is 223 Å². The monoisotopic (exact) mass is 762 g/mol. The molecule has 15 heteroatoms. The van der Waals surface area contributed by atoms with Crippen molar-refractivity contribution in [3.8, 4) is 0 Å². The normalized spacial score (nSPS) is 27.6. The smallest absolute Gasteiger partial charge is 0.339 e. The predicted octanol–water partition coefficient (Wildman–Crippen LogP) is 1.63. The first kappa shape index (κ1) is 43.5. The summed E-state index contributed by atoms with van der Waals surface area (Å²) < 4.78 is 30.5. The number of ether oxygens (including phenoxy) is 5. The fourth-order valence-electron chi connectivity index (χ4n) is 6.85. The number of esters is 1. The highest BCUT2D eigenvalue weighted by molar-refractivity contribution is 5.95. The number of carbonyl (C=O) groups excluding carboxylic acids is 3. The maximum absolute atomic E-state index is 13.9. The van der Waals surface area contributed by atoms with Crippen LogP contribution < -0.4 is 10.6 Å². The molecule has 0 bridgehead atoms. The molecule has 2 fully saturated rings. The first-order valence-corrected chi connectivity index (χ1v) is 19.2. The molecule has 302 valence electrons. The van der Waals surface area contributed by atoms with Crippen molar-refractivity contribution in [2.24, 2.45) is 0 Å². The summed E-state index contributed by atoms with van der Waals surface area (Å²) in [5.41, 5.74) is 1.09. The lowest BCUT2D eigenvalue weighted by molar-refractivity contribution is -0.298. The number of aliphatic hydroxyl groups excluding tert-OH is 5. The van der Waals surface area contributed by atoms with Gasteiger partial charge in [-0.3, -0.25) is 9.59 Å². The van der Waals surface area contributed by atoms with E-state index in [1.54, 1.807) is 42.5 Å². The maximum Gasteiger partial charge on any atom is 0.339 e. The lowest BCUT2D eigenvalue weighted by Crippen LogP contribution is -2.59. The number of hydrogen-bond acceptors (Lipinski definition) is 13. The van der Waals surface area contributed by atoms with E-state index in [9.17, 15) is 34.8 Å². The van der Waals surface area contributed by atoms with Gasteiger partial charge in [-0.25, -0.2) is 4.79 Å². The molecule has 0 radical (unpaired) electrons. The van der Waals surface area contributed by atoms with Crippen molar-refractivity contribution in [2.45, 2.75) is 133 Å². The van der Waals surface area contributed by atoms with E-state index in [4.69, 9.17) is 28.8 Å². The number of nitrogens with one attached hydrogen (secondary N) is 2. The summed E-state index contributed by atoms with van der Waals surface area (Å²) in [5, 5.41) is 54.0. The quantitative estimate of drug-likeness (QED) is 0.0700. The third-order valence-electron chi connectivity index (χ3n) is 9.81. The van der Waals surface area contributed by atoms with Crippen molar-refractivity contribution in [3.63, 3.8) is 0 Å². The zero-order valence-corrected chi connectivity index (χ0v) is 31.3. The number of carbonyl (C=O) groups is 3. The van der Waals surface area contributed by atoms with E-state index in [0.29, 0.717) is 24.0 Å². The lowest BCUT2D eigenvalue weighted by atomic mass is 9.91. The Morgan fingerprint density at radius 1 is 0.926 bits per heavy atom. The average molecular weight is 763 g/mol. The number of amides is 2. The van der Waals surface area contributed by atoms with E-state index in [1.165, 1.54) is 0 Å². The Morgan fingerprint density at radius 2 is 1.65 bits per heavy atom. The molecule has 0 spiro atoms. The van der Waals surface area contributed by atoms with Gasteiger partial charge in [-0.2, -0.15) is 0 Å². The molecule has 3 aliphatic rings. The maximum atomic E-state index is 13.9. The fraction of sp³-hybridized carbons (Fsp3) is 0.667. The van der Waals surface area contributed by atoms with E-state index >= 15 is 0 Å². The van der Waals surface area contributed by atoms with Crippen LogP contribution in [-0.2, 0) is 33.3 Å². The van der Waals surface area contributed by atoms with E-state index < -0.39 is 73.3 Å². The highest BCUT2D eigenvalue weighted by Gasteiger charge is 2.52. The van der Waals surface area contributed by atoms with E-state index in [0.717, 1.165) is 38.5 Å². The largest absolute Gasteiger partial charge is 0.456 e. The first-order chi connectivity index (χ1) is 26.1. The van der Waals surface area contributed by atoms with Gasteiger partial charge in [0.05, 0.1) is 25.4 Å². The summed E-state index contributed by atoms with van der Waals surface area (Å²) >= 11 is 0. The Kier molecular flexibility index (Phi) is 17.5. The van der Waals surface area contributed by atoms with Crippen molar-refractivity contribution in [3.05, 3.63) is 53.1 Å². The van der Waals surface area contributed by atoms with Gasteiger partial charge in [0.15, 0.2) is 12.1 Å². The van der Waals surface area contributed by atoms with Crippen LogP contribution in [0.5, 0.6) is 0 Å². The average Bonchev–Trinajstić information content (AvgIpc) is 3.54. The molecular weight excluding hydrogens is 704 g/mol. The Hall–Kier alpha value is -3.25. The molecule has 2 aliphatic heterocycles. The zero-order chi connectivity index (χ0) is 39.1. The van der Waals surface area contributed by atoms with Gasteiger partial charge in [-0.05, 0) is 30.5 Å². The molecule has 1 aliphatic carbocycles. The van der Waals surface area contributed by atoms with Gasteiger partial charge in [0.2, 0.25) is 11.8 Å². The van der Waals surface area contributed by atoms with Crippen molar-refractivity contribution < 1.29 is 63.6 Å². The number of fused-ring (bicyclic) bond motifs is 1. The van der Waals surface area contributed by atoms with E-state index in [2.05, 4.69) is 24.5 Å². The summed E-state index contributed by atoms with van der Waals surface area (Å²) in [6.07, 6.45) is 2.97. The molecule has 0 aromatic heterocycles. The SMILES string of the molecule is CCCCCC1(CCCCC)OC2C=C(C(=O)NCCC(=O)NCCO)CC(OC(=O)c3ccccc3C=CCOC3OC(CO)C(O)C(O)C3O)C2O1. The van der Waals surface area contributed by atoms with E-state index in [1.807, 2.05) is 0 Å². The fourth-order valence-corrected chi connectivity index (χ4v) is 6.85. The molecule has 1 aromatic carbocycles. The molecule has 15 nitrogen and oxygen atoms in total. The summed E-state index contributed by atoms with van der Waals surface area (Å²) in [5.74, 6) is -2.25. The summed E-state index contributed by atoms with van der Waals surface area (Å²) in [4.78, 5) is 39.3. The lowest BCUT2D eigenvalue weighted by Gasteiger charge is -2.39. The minimum absolute atomic E-state index is 0.0267.